The monoisotopic (exact) mass is 394 g/mol. The molecule has 2 fully saturated rings. The first kappa shape index (κ1) is 18.3. The first-order chi connectivity index (χ1) is 14.2. The molecule has 2 unspecified atom stereocenters. The van der Waals surface area contributed by atoms with Crippen molar-refractivity contribution in [1.82, 2.24) is 29.4 Å². The molecule has 3 aromatic heterocycles. The number of carbonyl (C=O) groups is 1. The summed E-state index contributed by atoms with van der Waals surface area (Å²) in [5.41, 5.74) is 1.16. The van der Waals surface area contributed by atoms with Crippen LogP contribution in [-0.2, 0) is 11.3 Å². The Morgan fingerprint density at radius 3 is 3.00 bits per heavy atom. The minimum absolute atomic E-state index is 0.0209. The van der Waals surface area contributed by atoms with E-state index >= 15 is 0 Å². The molecule has 0 radical (unpaired) electrons. The van der Waals surface area contributed by atoms with Gasteiger partial charge < -0.3 is 14.8 Å². The fourth-order valence-electron chi connectivity index (χ4n) is 4.99. The number of rotatable bonds is 4. The van der Waals surface area contributed by atoms with Crippen molar-refractivity contribution in [2.75, 3.05) is 19.6 Å². The molecule has 1 amide bonds. The van der Waals surface area contributed by atoms with Gasteiger partial charge in [0.25, 0.3) is 5.56 Å². The molecule has 0 saturated carbocycles. The van der Waals surface area contributed by atoms with Crippen molar-refractivity contribution in [2.24, 2.45) is 5.92 Å². The number of carbonyl (C=O) groups excluding carboxylic acids is 1. The van der Waals surface area contributed by atoms with Gasteiger partial charge in [-0.15, -0.1) is 0 Å². The lowest BCUT2D eigenvalue weighted by molar-refractivity contribution is -0.122. The smallest absolute Gasteiger partial charge is 0.262 e. The number of hydrogen-bond donors (Lipinski definition) is 1. The molecule has 2 aliphatic heterocycles. The van der Waals surface area contributed by atoms with Crippen molar-refractivity contribution in [1.29, 1.82) is 0 Å². The predicted molar refractivity (Wildman–Crippen MR) is 110 cm³/mol. The third kappa shape index (κ3) is 3.42. The van der Waals surface area contributed by atoms with E-state index < -0.39 is 0 Å². The van der Waals surface area contributed by atoms with Crippen molar-refractivity contribution < 1.29 is 4.79 Å². The van der Waals surface area contributed by atoms with E-state index in [9.17, 15) is 9.59 Å². The molecule has 5 heterocycles. The molecule has 2 saturated heterocycles. The van der Waals surface area contributed by atoms with Gasteiger partial charge in [0.1, 0.15) is 6.54 Å². The number of aromatic nitrogens is 4. The predicted octanol–water partition coefficient (Wildman–Crippen LogP) is 1.42. The van der Waals surface area contributed by atoms with Gasteiger partial charge in [-0.25, -0.2) is 9.50 Å². The van der Waals surface area contributed by atoms with Crippen LogP contribution in [0.25, 0.3) is 16.6 Å². The number of nitrogens with zero attached hydrogens (tertiary/aromatic N) is 5. The standard InChI is InChI=1S/C21H26N6O2/c28-20(23-12-15-4-3-10-25-9-2-1-5-17(15)25)14-26-11-7-18-16(21(26)29)13-22-19-6-8-24-27(18)19/h6-8,11,13,15,17H,1-5,9-10,12,14H2,(H,23,28). The van der Waals surface area contributed by atoms with Crippen LogP contribution in [0.15, 0.2) is 35.5 Å². The highest BCUT2D eigenvalue weighted by Gasteiger charge is 2.32. The van der Waals surface area contributed by atoms with Crippen molar-refractivity contribution in [3.05, 3.63) is 41.1 Å². The van der Waals surface area contributed by atoms with E-state index in [0.29, 0.717) is 35.1 Å². The van der Waals surface area contributed by atoms with E-state index in [4.69, 9.17) is 0 Å². The molecule has 3 aromatic rings. The van der Waals surface area contributed by atoms with Crippen molar-refractivity contribution >= 4 is 22.5 Å². The number of pyridine rings is 1. The fourth-order valence-corrected chi connectivity index (χ4v) is 4.99. The van der Waals surface area contributed by atoms with E-state index in [2.05, 4.69) is 20.3 Å². The molecular weight excluding hydrogens is 368 g/mol. The zero-order valence-electron chi connectivity index (χ0n) is 16.5. The summed E-state index contributed by atoms with van der Waals surface area (Å²) in [5, 5.41) is 7.75. The van der Waals surface area contributed by atoms with E-state index in [0.717, 1.165) is 0 Å². The minimum Gasteiger partial charge on any atom is -0.354 e. The van der Waals surface area contributed by atoms with Crippen molar-refractivity contribution in [3.8, 4) is 0 Å². The van der Waals surface area contributed by atoms with Gasteiger partial charge in [0.15, 0.2) is 5.65 Å². The van der Waals surface area contributed by atoms with Gasteiger partial charge in [-0.1, -0.05) is 6.42 Å². The Kier molecular flexibility index (Phi) is 4.79. The molecule has 0 aromatic carbocycles. The molecule has 8 nitrogen and oxygen atoms in total. The maximum Gasteiger partial charge on any atom is 0.262 e. The van der Waals surface area contributed by atoms with E-state index in [1.807, 2.05) is 6.07 Å². The molecule has 5 rings (SSSR count). The first-order valence-corrected chi connectivity index (χ1v) is 10.5. The lowest BCUT2D eigenvalue weighted by atomic mass is 9.83. The van der Waals surface area contributed by atoms with Crippen LogP contribution < -0.4 is 10.9 Å². The van der Waals surface area contributed by atoms with E-state index in [1.54, 1.807) is 29.2 Å². The van der Waals surface area contributed by atoms with Crippen LogP contribution in [0.3, 0.4) is 0 Å². The topological polar surface area (TPSA) is 84.5 Å². The Morgan fingerprint density at radius 2 is 2.07 bits per heavy atom. The zero-order valence-corrected chi connectivity index (χ0v) is 16.5. The van der Waals surface area contributed by atoms with Crippen LogP contribution in [0, 0.1) is 5.92 Å². The largest absolute Gasteiger partial charge is 0.354 e. The van der Waals surface area contributed by atoms with E-state index in [-0.39, 0.29) is 18.0 Å². The molecule has 0 spiro atoms. The number of hydrogen-bond acceptors (Lipinski definition) is 5. The number of amides is 1. The summed E-state index contributed by atoms with van der Waals surface area (Å²) in [5.74, 6) is 0.395. The molecule has 152 valence electrons. The summed E-state index contributed by atoms with van der Waals surface area (Å²) in [4.78, 5) is 32.2. The van der Waals surface area contributed by atoms with Gasteiger partial charge in [-0.3, -0.25) is 9.59 Å². The lowest BCUT2D eigenvalue weighted by Gasteiger charge is -2.44. The van der Waals surface area contributed by atoms with Crippen LogP contribution >= 0.6 is 0 Å². The first-order valence-electron chi connectivity index (χ1n) is 10.5. The maximum absolute atomic E-state index is 12.8. The number of piperidine rings is 2. The van der Waals surface area contributed by atoms with Crippen molar-refractivity contribution in [2.45, 2.75) is 44.7 Å². The number of nitrogens with one attached hydrogen (secondary N) is 1. The van der Waals surface area contributed by atoms with Crippen LogP contribution in [0.4, 0.5) is 0 Å². The maximum atomic E-state index is 12.8. The van der Waals surface area contributed by atoms with Gasteiger partial charge in [0.05, 0.1) is 17.1 Å². The quantitative estimate of drug-likeness (QED) is 0.724. The normalized spacial score (nSPS) is 22.6. The molecule has 0 aliphatic carbocycles. The summed E-state index contributed by atoms with van der Waals surface area (Å²) in [6.45, 7) is 3.10. The Balaban J connectivity index is 1.28. The Morgan fingerprint density at radius 1 is 1.17 bits per heavy atom. The van der Waals surface area contributed by atoms with Gasteiger partial charge in [-0.05, 0) is 50.8 Å². The highest BCUT2D eigenvalue weighted by atomic mass is 16.2. The van der Waals surface area contributed by atoms with Crippen LogP contribution in [0.5, 0.6) is 0 Å². The van der Waals surface area contributed by atoms with Crippen LogP contribution in [-0.4, -0.2) is 55.6 Å². The molecule has 0 bridgehead atoms. The number of fused-ring (bicyclic) bond motifs is 4. The van der Waals surface area contributed by atoms with Crippen LogP contribution in [0.1, 0.15) is 32.1 Å². The second-order valence-corrected chi connectivity index (χ2v) is 8.21. The average Bonchev–Trinajstić information content (AvgIpc) is 3.23. The highest BCUT2D eigenvalue weighted by molar-refractivity contribution is 5.80. The molecule has 2 aliphatic rings. The third-order valence-corrected chi connectivity index (χ3v) is 6.46. The van der Waals surface area contributed by atoms with Crippen LogP contribution in [0.2, 0.25) is 0 Å². The fraction of sp³-hybridized carbons (Fsp3) is 0.524. The summed E-state index contributed by atoms with van der Waals surface area (Å²) in [6, 6.07) is 4.20. The third-order valence-electron chi connectivity index (χ3n) is 6.46. The van der Waals surface area contributed by atoms with Gasteiger partial charge in [0, 0.05) is 31.0 Å². The second-order valence-electron chi connectivity index (χ2n) is 8.21. The summed E-state index contributed by atoms with van der Waals surface area (Å²) < 4.78 is 3.09. The molecule has 8 heteroatoms. The highest BCUT2D eigenvalue weighted by Crippen LogP contribution is 2.30. The molecule has 29 heavy (non-hydrogen) atoms. The SMILES string of the molecule is O=C(Cn1ccc2c(cnc3ccnn32)c1=O)NCC1CCCN2CCCCC12. The Hall–Kier alpha value is -2.74. The molecule has 1 N–H and O–H groups in total. The van der Waals surface area contributed by atoms with E-state index in [1.165, 1.54) is 49.8 Å². The van der Waals surface area contributed by atoms with Gasteiger partial charge in [-0.2, -0.15) is 5.10 Å². The molecular formula is C21H26N6O2. The summed E-state index contributed by atoms with van der Waals surface area (Å²) >= 11 is 0. The minimum atomic E-state index is -0.223. The Labute approximate surface area is 168 Å². The summed E-state index contributed by atoms with van der Waals surface area (Å²) in [7, 11) is 0. The van der Waals surface area contributed by atoms with Gasteiger partial charge >= 0.3 is 0 Å². The zero-order chi connectivity index (χ0) is 19.8. The van der Waals surface area contributed by atoms with Gasteiger partial charge in [0.2, 0.25) is 5.91 Å². The molecule has 2 atom stereocenters. The lowest BCUT2D eigenvalue weighted by Crippen LogP contribution is -2.51. The summed E-state index contributed by atoms with van der Waals surface area (Å²) in [6.07, 6.45) is 11.1. The second kappa shape index (κ2) is 7.59. The van der Waals surface area contributed by atoms with Crippen molar-refractivity contribution in [3.63, 3.8) is 0 Å². The average molecular weight is 394 g/mol. The Bertz CT molecular complexity index is 1100.